The van der Waals surface area contributed by atoms with Gasteiger partial charge in [0.05, 0.1) is 0 Å². The Balaban J connectivity index is 2.19. The number of esters is 3. The molecule has 0 N–H and O–H groups in total. The van der Waals surface area contributed by atoms with Gasteiger partial charge in [-0.2, -0.15) is 0 Å². The van der Waals surface area contributed by atoms with Gasteiger partial charge in [-0.25, -0.2) is 0 Å². The fourth-order valence-electron chi connectivity index (χ4n) is 6.36. The van der Waals surface area contributed by atoms with E-state index in [0.717, 1.165) is 5.57 Å². The van der Waals surface area contributed by atoms with Gasteiger partial charge < -0.3 is 18.9 Å². The molecule has 1 saturated heterocycles. The molecule has 0 bridgehead atoms. The molecule has 8 nitrogen and oxygen atoms in total. The topological polar surface area (TPSA) is 105 Å². The molecule has 0 aromatic heterocycles. The Morgan fingerprint density at radius 1 is 1.06 bits per heavy atom. The van der Waals surface area contributed by atoms with Crippen molar-refractivity contribution < 1.29 is 38.1 Å². The molecular formula is C26H36O8. The van der Waals surface area contributed by atoms with Crippen LogP contribution in [0.1, 0.15) is 67.2 Å². The first-order valence-corrected chi connectivity index (χ1v) is 11.9. The van der Waals surface area contributed by atoms with Crippen LogP contribution in [-0.4, -0.2) is 42.4 Å². The maximum Gasteiger partial charge on any atom is 0.304 e. The van der Waals surface area contributed by atoms with Crippen LogP contribution in [0, 0.1) is 28.6 Å². The molecule has 34 heavy (non-hydrogen) atoms. The molecule has 2 saturated carbocycles. The number of Topliss-reactive ketones (excluding diaryl/α,β-unsaturated/α-hetero) is 1. The van der Waals surface area contributed by atoms with Gasteiger partial charge in [0.2, 0.25) is 12.6 Å². The lowest BCUT2D eigenvalue weighted by molar-refractivity contribution is -0.231. The summed E-state index contributed by atoms with van der Waals surface area (Å²) in [4.78, 5) is 49.8. The van der Waals surface area contributed by atoms with E-state index >= 15 is 0 Å². The van der Waals surface area contributed by atoms with Crippen LogP contribution in [0.3, 0.4) is 0 Å². The van der Waals surface area contributed by atoms with E-state index < -0.39 is 53.3 Å². The first-order chi connectivity index (χ1) is 15.9. The van der Waals surface area contributed by atoms with Crippen LogP contribution in [0.15, 0.2) is 24.3 Å². The summed E-state index contributed by atoms with van der Waals surface area (Å²) in [5.41, 5.74) is -0.609. The van der Waals surface area contributed by atoms with Crippen molar-refractivity contribution in [2.24, 2.45) is 28.6 Å². The second-order valence-electron chi connectivity index (χ2n) is 10.2. The highest BCUT2D eigenvalue weighted by Crippen LogP contribution is 2.67. The highest BCUT2D eigenvalue weighted by atomic mass is 16.8. The minimum absolute atomic E-state index is 0.00646. The molecule has 0 radical (unpaired) electrons. The van der Waals surface area contributed by atoms with Crippen LogP contribution >= 0.6 is 0 Å². The van der Waals surface area contributed by atoms with Crippen molar-refractivity contribution in [1.82, 2.24) is 0 Å². The summed E-state index contributed by atoms with van der Waals surface area (Å²) in [6.07, 6.45) is 2.72. The summed E-state index contributed by atoms with van der Waals surface area (Å²) in [7, 11) is 0. The van der Waals surface area contributed by atoms with E-state index in [1.54, 1.807) is 6.08 Å². The van der Waals surface area contributed by atoms with Crippen molar-refractivity contribution in [3.05, 3.63) is 24.3 Å². The van der Waals surface area contributed by atoms with Crippen LogP contribution < -0.4 is 0 Å². The number of carbonyl (C=O) groups excluding carboxylic acids is 4. The van der Waals surface area contributed by atoms with Crippen molar-refractivity contribution in [3.63, 3.8) is 0 Å². The van der Waals surface area contributed by atoms with E-state index in [1.165, 1.54) is 20.8 Å². The number of ketones is 1. The Labute approximate surface area is 201 Å². The first kappa shape index (κ1) is 26.1. The molecule has 8 unspecified atom stereocenters. The third-order valence-corrected chi connectivity index (χ3v) is 8.15. The third kappa shape index (κ3) is 4.44. The molecular weight excluding hydrogens is 440 g/mol. The molecule has 3 fully saturated rings. The molecule has 3 rings (SSSR count). The summed E-state index contributed by atoms with van der Waals surface area (Å²) < 4.78 is 22.7. The third-order valence-electron chi connectivity index (χ3n) is 8.15. The van der Waals surface area contributed by atoms with Gasteiger partial charge in [-0.05, 0) is 43.4 Å². The number of hydrogen-bond donors (Lipinski definition) is 0. The summed E-state index contributed by atoms with van der Waals surface area (Å²) in [5.74, 6) is -2.61. The maximum atomic E-state index is 13.9. The molecule has 188 valence electrons. The summed E-state index contributed by atoms with van der Waals surface area (Å²) in [6.45, 7) is 13.8. The van der Waals surface area contributed by atoms with Crippen LogP contribution in [0.5, 0.6) is 0 Å². The molecule has 8 heteroatoms. The molecule has 8 atom stereocenters. The molecule has 0 amide bonds. The molecule has 0 aromatic carbocycles. The molecule has 1 aliphatic heterocycles. The molecule has 1 heterocycles. The van der Waals surface area contributed by atoms with Crippen LogP contribution in [0.2, 0.25) is 0 Å². The second-order valence-corrected chi connectivity index (χ2v) is 10.2. The van der Waals surface area contributed by atoms with Crippen molar-refractivity contribution in [1.29, 1.82) is 0 Å². The summed E-state index contributed by atoms with van der Waals surface area (Å²) in [6, 6.07) is 0. The highest BCUT2D eigenvalue weighted by molar-refractivity contribution is 5.88. The Hall–Kier alpha value is -2.48. The van der Waals surface area contributed by atoms with E-state index in [1.807, 2.05) is 13.8 Å². The normalized spacial score (nSPS) is 39.5. The van der Waals surface area contributed by atoms with Gasteiger partial charge in [-0.1, -0.05) is 38.2 Å². The fraction of sp³-hybridized carbons (Fsp3) is 0.692. The zero-order valence-corrected chi connectivity index (χ0v) is 20.9. The SMILES string of the molecule is C=CC(C)=CCC1(C)C(C)CC(=O)C23C(OC(C)=O)OC(OC(C)=O)C2CC(OC(C)=O)CC13. The Bertz CT molecular complexity index is 906. The zero-order chi connectivity index (χ0) is 25.4. The minimum atomic E-state index is -1.21. The Kier molecular flexibility index (Phi) is 7.41. The lowest BCUT2D eigenvalue weighted by Gasteiger charge is -2.59. The van der Waals surface area contributed by atoms with E-state index in [4.69, 9.17) is 18.9 Å². The van der Waals surface area contributed by atoms with Gasteiger partial charge >= 0.3 is 17.9 Å². The van der Waals surface area contributed by atoms with Gasteiger partial charge in [0.25, 0.3) is 0 Å². The van der Waals surface area contributed by atoms with Crippen molar-refractivity contribution in [3.8, 4) is 0 Å². The second kappa shape index (κ2) is 9.64. The largest absolute Gasteiger partial charge is 0.463 e. The number of rotatable bonds is 6. The smallest absolute Gasteiger partial charge is 0.304 e. The van der Waals surface area contributed by atoms with E-state index in [9.17, 15) is 19.2 Å². The van der Waals surface area contributed by atoms with E-state index in [-0.39, 0.29) is 30.5 Å². The average Bonchev–Trinajstić information content (AvgIpc) is 3.02. The highest BCUT2D eigenvalue weighted by Gasteiger charge is 2.74. The molecule has 3 aliphatic rings. The number of carbonyl (C=O) groups is 4. The van der Waals surface area contributed by atoms with E-state index in [0.29, 0.717) is 12.8 Å². The summed E-state index contributed by atoms with van der Waals surface area (Å²) in [5, 5.41) is 0. The van der Waals surface area contributed by atoms with Gasteiger partial charge in [0.1, 0.15) is 17.3 Å². The van der Waals surface area contributed by atoms with Crippen LogP contribution in [-0.2, 0) is 38.1 Å². The monoisotopic (exact) mass is 476 g/mol. The molecule has 0 aromatic rings. The Morgan fingerprint density at radius 3 is 2.24 bits per heavy atom. The minimum Gasteiger partial charge on any atom is -0.463 e. The van der Waals surface area contributed by atoms with Crippen LogP contribution in [0.4, 0.5) is 0 Å². The van der Waals surface area contributed by atoms with Crippen LogP contribution in [0.25, 0.3) is 0 Å². The average molecular weight is 477 g/mol. The predicted octanol–water partition coefficient (Wildman–Crippen LogP) is 3.88. The molecule has 1 spiro atoms. The van der Waals surface area contributed by atoms with Crippen molar-refractivity contribution in [2.75, 3.05) is 0 Å². The maximum absolute atomic E-state index is 13.9. The molecule has 2 aliphatic carbocycles. The number of hydrogen-bond acceptors (Lipinski definition) is 8. The van der Waals surface area contributed by atoms with Crippen molar-refractivity contribution in [2.45, 2.75) is 85.9 Å². The summed E-state index contributed by atoms with van der Waals surface area (Å²) >= 11 is 0. The van der Waals surface area contributed by atoms with Gasteiger partial charge in [-0.15, -0.1) is 0 Å². The quantitative estimate of drug-likeness (QED) is 0.323. The number of ether oxygens (including phenoxy) is 4. The van der Waals surface area contributed by atoms with Crippen molar-refractivity contribution >= 4 is 23.7 Å². The first-order valence-electron chi connectivity index (χ1n) is 11.9. The predicted molar refractivity (Wildman–Crippen MR) is 122 cm³/mol. The standard InChI is InChI=1S/C26H36O8/c1-8-14(2)9-10-25(7)15(3)11-22(30)26-20(12-19(13-21(25)26)31-16(4)27)23(32-17(5)28)34-24(26)33-18(6)29/h8-9,15,19-21,23-24H,1,10-13H2,2-7H3. The van der Waals surface area contributed by atoms with Gasteiger partial charge in [0, 0.05) is 33.1 Å². The Morgan fingerprint density at radius 2 is 1.68 bits per heavy atom. The van der Waals surface area contributed by atoms with E-state index in [2.05, 4.69) is 19.6 Å². The zero-order valence-electron chi connectivity index (χ0n) is 20.9. The number of allylic oxidation sites excluding steroid dienone is 3. The lowest BCUT2D eigenvalue weighted by atomic mass is 9.43. The fourth-order valence-corrected chi connectivity index (χ4v) is 6.36. The van der Waals surface area contributed by atoms with Gasteiger partial charge in [-0.3, -0.25) is 19.2 Å². The lowest BCUT2D eigenvalue weighted by Crippen LogP contribution is -2.64. The van der Waals surface area contributed by atoms with Gasteiger partial charge in [0.15, 0.2) is 0 Å².